The molecule has 0 saturated heterocycles. The Morgan fingerprint density at radius 2 is 2.20 bits per heavy atom. The van der Waals surface area contributed by atoms with Crippen LogP contribution in [0.5, 0.6) is 5.75 Å². The van der Waals surface area contributed by atoms with E-state index in [4.69, 9.17) is 17.3 Å². The average Bonchev–Trinajstić information content (AvgIpc) is 2.96. The first-order valence-corrected chi connectivity index (χ1v) is 6.19. The van der Waals surface area contributed by atoms with Crippen LogP contribution < -0.4 is 5.73 Å². The molecule has 1 aromatic rings. The summed E-state index contributed by atoms with van der Waals surface area (Å²) >= 11 is 9.25. The summed E-state index contributed by atoms with van der Waals surface area (Å²) in [6.45, 7) is 0. The average molecular weight is 291 g/mol. The molecular weight excluding hydrogens is 277 g/mol. The Bertz CT molecular complexity index is 379. The lowest BCUT2D eigenvalue weighted by Gasteiger charge is -2.15. The van der Waals surface area contributed by atoms with E-state index in [2.05, 4.69) is 15.9 Å². The molecule has 2 nitrogen and oxygen atoms in total. The van der Waals surface area contributed by atoms with Crippen LogP contribution in [0.3, 0.4) is 0 Å². The van der Waals surface area contributed by atoms with Gasteiger partial charge >= 0.3 is 0 Å². The third kappa shape index (κ3) is 2.47. The standard InChI is InChI=1S/C11H13BrClNO/c12-7-3-4-8(13)11(15)10(7)9(14)5-6-1-2-6/h3-4,6,9,15H,1-2,5,14H2/t9-/m0/s1. The van der Waals surface area contributed by atoms with Crippen molar-refractivity contribution < 1.29 is 5.11 Å². The van der Waals surface area contributed by atoms with Gasteiger partial charge < -0.3 is 10.8 Å². The monoisotopic (exact) mass is 289 g/mol. The molecule has 0 aliphatic heterocycles. The molecule has 0 amide bonds. The molecule has 0 aromatic heterocycles. The van der Waals surface area contributed by atoms with Crippen molar-refractivity contribution >= 4 is 27.5 Å². The van der Waals surface area contributed by atoms with Gasteiger partial charge in [-0.2, -0.15) is 0 Å². The lowest BCUT2D eigenvalue weighted by atomic mass is 10.0. The van der Waals surface area contributed by atoms with Gasteiger partial charge in [0.15, 0.2) is 0 Å². The lowest BCUT2D eigenvalue weighted by molar-refractivity contribution is 0.455. The maximum atomic E-state index is 9.84. The fourth-order valence-electron chi connectivity index (χ4n) is 1.74. The number of hydrogen-bond donors (Lipinski definition) is 2. The zero-order valence-electron chi connectivity index (χ0n) is 8.21. The topological polar surface area (TPSA) is 46.2 Å². The first kappa shape index (κ1) is 11.2. The van der Waals surface area contributed by atoms with E-state index >= 15 is 0 Å². The van der Waals surface area contributed by atoms with E-state index in [0.717, 1.165) is 22.4 Å². The molecule has 1 aromatic carbocycles. The quantitative estimate of drug-likeness (QED) is 0.893. The molecule has 0 radical (unpaired) electrons. The van der Waals surface area contributed by atoms with Crippen molar-refractivity contribution in [1.29, 1.82) is 0 Å². The molecule has 0 spiro atoms. The van der Waals surface area contributed by atoms with Gasteiger partial charge in [-0.1, -0.05) is 40.4 Å². The summed E-state index contributed by atoms with van der Waals surface area (Å²) in [7, 11) is 0. The number of benzene rings is 1. The van der Waals surface area contributed by atoms with Crippen molar-refractivity contribution in [3.05, 3.63) is 27.2 Å². The molecule has 0 bridgehead atoms. The number of halogens is 2. The van der Waals surface area contributed by atoms with Crippen molar-refractivity contribution in [3.63, 3.8) is 0 Å². The summed E-state index contributed by atoms with van der Waals surface area (Å²) in [6, 6.07) is 3.35. The molecule has 1 saturated carbocycles. The van der Waals surface area contributed by atoms with Crippen LogP contribution in [0.15, 0.2) is 16.6 Å². The van der Waals surface area contributed by atoms with E-state index in [9.17, 15) is 5.11 Å². The molecule has 1 fully saturated rings. The zero-order valence-corrected chi connectivity index (χ0v) is 10.6. The Morgan fingerprint density at radius 1 is 1.53 bits per heavy atom. The molecule has 0 heterocycles. The SMILES string of the molecule is N[C@@H](CC1CC1)c1c(Br)ccc(Cl)c1O. The normalized spacial score (nSPS) is 17.8. The minimum Gasteiger partial charge on any atom is -0.506 e. The van der Waals surface area contributed by atoms with E-state index in [1.807, 2.05) is 6.07 Å². The number of nitrogens with two attached hydrogens (primary N) is 1. The van der Waals surface area contributed by atoms with Gasteiger partial charge in [-0.25, -0.2) is 0 Å². The first-order valence-electron chi connectivity index (χ1n) is 5.02. The molecule has 2 rings (SSSR count). The van der Waals surface area contributed by atoms with Gasteiger partial charge in [-0.3, -0.25) is 0 Å². The Kier molecular flexibility index (Phi) is 3.24. The second-order valence-electron chi connectivity index (χ2n) is 4.08. The molecule has 4 heteroatoms. The number of rotatable bonds is 3. The Balaban J connectivity index is 2.27. The number of aromatic hydroxyl groups is 1. The third-order valence-electron chi connectivity index (χ3n) is 2.77. The van der Waals surface area contributed by atoms with Crippen molar-refractivity contribution in [3.8, 4) is 5.75 Å². The summed E-state index contributed by atoms with van der Waals surface area (Å²) < 4.78 is 0.831. The van der Waals surface area contributed by atoms with Crippen LogP contribution in [-0.2, 0) is 0 Å². The largest absolute Gasteiger partial charge is 0.506 e. The Morgan fingerprint density at radius 3 is 2.80 bits per heavy atom. The molecule has 15 heavy (non-hydrogen) atoms. The van der Waals surface area contributed by atoms with Crippen LogP contribution in [0.1, 0.15) is 30.9 Å². The van der Waals surface area contributed by atoms with Crippen LogP contribution in [0.4, 0.5) is 0 Å². The van der Waals surface area contributed by atoms with E-state index in [-0.39, 0.29) is 11.8 Å². The Labute approximate surface area is 103 Å². The highest BCUT2D eigenvalue weighted by Gasteiger charge is 2.27. The number of phenolic OH excluding ortho intramolecular Hbond substituents is 1. The van der Waals surface area contributed by atoms with Crippen LogP contribution in [-0.4, -0.2) is 5.11 Å². The van der Waals surface area contributed by atoms with Crippen molar-refractivity contribution in [2.75, 3.05) is 0 Å². The fourth-order valence-corrected chi connectivity index (χ4v) is 2.52. The number of hydrogen-bond acceptors (Lipinski definition) is 2. The van der Waals surface area contributed by atoms with Crippen molar-refractivity contribution in [2.24, 2.45) is 11.7 Å². The van der Waals surface area contributed by atoms with Gasteiger partial charge in [-0.15, -0.1) is 0 Å². The highest BCUT2D eigenvalue weighted by molar-refractivity contribution is 9.10. The van der Waals surface area contributed by atoms with Crippen LogP contribution in [0, 0.1) is 5.92 Å². The summed E-state index contributed by atoms with van der Waals surface area (Å²) in [5.41, 5.74) is 6.79. The van der Waals surface area contributed by atoms with Crippen molar-refractivity contribution in [2.45, 2.75) is 25.3 Å². The van der Waals surface area contributed by atoms with Gasteiger partial charge in [0.1, 0.15) is 5.75 Å². The molecule has 82 valence electrons. The summed E-state index contributed by atoms with van der Waals surface area (Å²) in [5, 5.41) is 10.2. The lowest BCUT2D eigenvalue weighted by Crippen LogP contribution is -2.12. The first-order chi connectivity index (χ1) is 7.09. The van der Waals surface area contributed by atoms with E-state index in [0.29, 0.717) is 5.02 Å². The predicted octanol–water partition coefficient (Wildman–Crippen LogP) is 3.61. The molecule has 1 aliphatic rings. The van der Waals surface area contributed by atoms with Crippen LogP contribution in [0.25, 0.3) is 0 Å². The van der Waals surface area contributed by atoms with E-state index < -0.39 is 0 Å². The minimum absolute atomic E-state index is 0.110. The number of phenols is 1. The van der Waals surface area contributed by atoms with Crippen LogP contribution >= 0.6 is 27.5 Å². The van der Waals surface area contributed by atoms with E-state index in [1.165, 1.54) is 12.8 Å². The highest BCUT2D eigenvalue weighted by atomic mass is 79.9. The Hall–Kier alpha value is -0.250. The second-order valence-corrected chi connectivity index (χ2v) is 5.34. The van der Waals surface area contributed by atoms with Gasteiger partial charge in [0.05, 0.1) is 5.02 Å². The highest BCUT2D eigenvalue weighted by Crippen LogP contribution is 2.42. The van der Waals surface area contributed by atoms with Gasteiger partial charge in [-0.05, 0) is 24.5 Å². The van der Waals surface area contributed by atoms with E-state index in [1.54, 1.807) is 6.07 Å². The maximum absolute atomic E-state index is 9.84. The molecular formula is C11H13BrClNO. The molecule has 1 aliphatic carbocycles. The van der Waals surface area contributed by atoms with Crippen LogP contribution in [0.2, 0.25) is 5.02 Å². The molecule has 0 unspecified atom stereocenters. The third-order valence-corrected chi connectivity index (χ3v) is 3.77. The molecule has 3 N–H and O–H groups in total. The minimum atomic E-state index is -0.134. The summed E-state index contributed by atoms with van der Waals surface area (Å²) in [6.07, 6.45) is 3.44. The predicted molar refractivity (Wildman–Crippen MR) is 65.1 cm³/mol. The fraction of sp³-hybridized carbons (Fsp3) is 0.455. The summed E-state index contributed by atoms with van der Waals surface area (Å²) in [5.74, 6) is 0.837. The zero-order chi connectivity index (χ0) is 11.0. The van der Waals surface area contributed by atoms with Gasteiger partial charge in [0.25, 0.3) is 0 Å². The maximum Gasteiger partial charge on any atom is 0.140 e. The smallest absolute Gasteiger partial charge is 0.140 e. The van der Waals surface area contributed by atoms with Crippen molar-refractivity contribution in [1.82, 2.24) is 0 Å². The van der Waals surface area contributed by atoms with Gasteiger partial charge in [0.2, 0.25) is 0 Å². The molecule has 1 atom stereocenters. The second kappa shape index (κ2) is 4.32. The summed E-state index contributed by atoms with van der Waals surface area (Å²) in [4.78, 5) is 0. The van der Waals surface area contributed by atoms with Gasteiger partial charge in [0, 0.05) is 16.1 Å².